The number of aryl methyl sites for hydroxylation is 1. The molecule has 4 aliphatic rings. The summed E-state index contributed by atoms with van der Waals surface area (Å²) < 4.78 is 108. The molecule has 20 atom stereocenters. The van der Waals surface area contributed by atoms with Crippen molar-refractivity contribution in [2.45, 2.75) is 220 Å². The molecule has 4 amide bonds. The van der Waals surface area contributed by atoms with E-state index in [1.807, 2.05) is 0 Å². The van der Waals surface area contributed by atoms with Gasteiger partial charge in [-0.1, -0.05) is 0 Å². The molecule has 1 aromatic carbocycles. The van der Waals surface area contributed by atoms with Gasteiger partial charge in [0.1, 0.15) is 105 Å². The molecule has 36 heteroatoms. The first-order valence-electron chi connectivity index (χ1n) is 29.9. The Hall–Kier alpha value is -8.94. The highest BCUT2D eigenvalue weighted by Crippen LogP contribution is 2.39. The normalized spacial score (nSPS) is 30.1. The lowest BCUT2D eigenvalue weighted by Crippen LogP contribution is -2.73. The summed E-state index contributed by atoms with van der Waals surface area (Å²) in [6.07, 6.45) is -29.1. The SMILES string of the molecule is CC(=O)N[C@@H]1[C@@H](O[C@H]2[C@H](OC(C)=O)[C@@H](NC(C)=O)[C@H](O[C@H]3[C@H](OC(C)=O)[C@@H](NC(C)=O)[C@H](Oc4ccc5c(C)cc(=O)oc5c4)O[C@@H]3COC(C)=O)O[C@@H]2COC(C)=O)O[C@@H](COC(C)=O)[C@H](O[C@@H]2O[C@H](COC(C)=O)[C@@H](OC(C)=O)[C@H](OC(C)=O)[C@H]2NC(C)=O)[C@H]1OC(C)=O. The molecule has 0 bridgehead atoms. The number of ether oxygens (including phenoxy) is 17. The Balaban J connectivity index is 1.50. The number of esters is 9. The van der Waals surface area contributed by atoms with Crippen LogP contribution in [0.25, 0.3) is 11.0 Å². The van der Waals surface area contributed by atoms with Gasteiger partial charge in [0.2, 0.25) is 29.9 Å². The monoisotopic (exact) mass is 1370 g/mol. The number of carbonyl (C=O) groups is 13. The summed E-state index contributed by atoms with van der Waals surface area (Å²) in [4.78, 5) is 182. The quantitative estimate of drug-likeness (QED) is 0.0497. The number of nitrogens with one attached hydrogen (secondary N) is 4. The standard InChI is InChI=1S/C60H78N4O32/c1-23-17-44(78)89-39-18-37(15-16-38(23)39)88-57-45(61-24(2)65)54(85-34(12)75)50(41(90-57)20-80-29(7)70)94-59-47(63-26(4)67)56(87-36(14)77)52(43(92-59)22-82-31(9)72)96-60-48(64-27(5)68)55(86-35(13)76)51(42(93-60)21-81-30(8)71)95-58-46(62-25(3)66)53(84-33(11)74)49(83-32(10)73)40(91-58)19-79-28(6)69/h15-18,40-43,45-60H,19-22H2,1-14H3,(H,61,65)(H,62,66)(H,63,67)(H,64,68)/t40-,41-,42+,43-,45-,46-,47-,48+,49-,50-,51+,52-,53-,54-,55+,56-,57-,58+,59+,60-/m1/s1. The second kappa shape index (κ2) is 34.1. The lowest BCUT2D eigenvalue weighted by Gasteiger charge is -2.52. The minimum atomic E-state index is -2.08. The minimum Gasteiger partial charge on any atom is -0.463 e. The molecule has 0 aliphatic carbocycles. The summed E-state index contributed by atoms with van der Waals surface area (Å²) in [6, 6.07) is -1.28. The van der Waals surface area contributed by atoms with Crippen molar-refractivity contribution in [3.8, 4) is 5.75 Å². The predicted molar refractivity (Wildman–Crippen MR) is 312 cm³/mol. The molecule has 36 nitrogen and oxygen atoms in total. The van der Waals surface area contributed by atoms with E-state index in [1.54, 1.807) is 13.0 Å². The van der Waals surface area contributed by atoms with Gasteiger partial charge < -0.3 is 106 Å². The van der Waals surface area contributed by atoms with E-state index >= 15 is 0 Å². The van der Waals surface area contributed by atoms with E-state index < -0.39 is 232 Å². The molecular weight excluding hydrogens is 1290 g/mol. The summed E-state index contributed by atoms with van der Waals surface area (Å²) in [5.41, 5.74) is -0.0381. The molecule has 0 spiro atoms. The third kappa shape index (κ3) is 21.3. The molecule has 0 radical (unpaired) electrons. The van der Waals surface area contributed by atoms with Crippen LogP contribution in [0.15, 0.2) is 33.5 Å². The van der Waals surface area contributed by atoms with E-state index in [-0.39, 0.29) is 11.3 Å². The van der Waals surface area contributed by atoms with Crippen molar-refractivity contribution >= 4 is 88.3 Å². The van der Waals surface area contributed by atoms with Crippen LogP contribution in [0.1, 0.15) is 95.6 Å². The first-order valence-corrected chi connectivity index (χ1v) is 29.9. The third-order valence-corrected chi connectivity index (χ3v) is 14.4. The lowest BCUT2D eigenvalue weighted by atomic mass is 9.92. The highest BCUT2D eigenvalue weighted by Gasteiger charge is 2.60. The smallest absolute Gasteiger partial charge is 0.336 e. The van der Waals surface area contributed by atoms with Crippen LogP contribution in [0.4, 0.5) is 0 Å². The maximum Gasteiger partial charge on any atom is 0.336 e. The van der Waals surface area contributed by atoms with Crippen LogP contribution >= 0.6 is 0 Å². The van der Waals surface area contributed by atoms with E-state index in [0.29, 0.717) is 10.9 Å². The second-order valence-electron chi connectivity index (χ2n) is 22.5. The van der Waals surface area contributed by atoms with Gasteiger partial charge >= 0.3 is 59.3 Å². The van der Waals surface area contributed by atoms with Crippen molar-refractivity contribution in [2.24, 2.45) is 0 Å². The van der Waals surface area contributed by atoms with Gasteiger partial charge in [-0.15, -0.1) is 0 Å². The first-order chi connectivity index (χ1) is 45.1. The minimum absolute atomic E-state index is 0.0126. The Morgan fingerprint density at radius 1 is 0.365 bits per heavy atom. The third-order valence-electron chi connectivity index (χ3n) is 14.4. The molecule has 0 unspecified atom stereocenters. The molecule has 6 rings (SSSR count). The number of fused-ring (bicyclic) bond motifs is 1. The van der Waals surface area contributed by atoms with Crippen molar-refractivity contribution in [1.29, 1.82) is 0 Å². The van der Waals surface area contributed by atoms with Crippen molar-refractivity contribution in [3.63, 3.8) is 0 Å². The zero-order chi connectivity index (χ0) is 71.2. The van der Waals surface area contributed by atoms with Crippen LogP contribution in [0.5, 0.6) is 5.75 Å². The molecule has 4 N–H and O–H groups in total. The van der Waals surface area contributed by atoms with Crippen molar-refractivity contribution < 1.29 is 147 Å². The molecule has 5 heterocycles. The van der Waals surface area contributed by atoms with E-state index in [2.05, 4.69) is 21.3 Å². The number of benzene rings is 1. The zero-order valence-electron chi connectivity index (χ0n) is 54.7. The van der Waals surface area contributed by atoms with Crippen molar-refractivity contribution in [1.82, 2.24) is 21.3 Å². The molecule has 0 saturated carbocycles. The summed E-state index contributed by atoms with van der Waals surface area (Å²) >= 11 is 0. The Bertz CT molecular complexity index is 3280. The number of hydrogen-bond donors (Lipinski definition) is 4. The van der Waals surface area contributed by atoms with Crippen LogP contribution in [-0.4, -0.2) is 226 Å². The summed E-state index contributed by atoms with van der Waals surface area (Å²) in [6.45, 7) is 11.7. The van der Waals surface area contributed by atoms with E-state index in [4.69, 9.17) is 84.9 Å². The van der Waals surface area contributed by atoms with Gasteiger partial charge in [-0.3, -0.25) is 62.3 Å². The van der Waals surface area contributed by atoms with E-state index in [1.165, 1.54) is 18.2 Å². The average molecular weight is 1370 g/mol. The fraction of sp³-hybridized carbons (Fsp3) is 0.633. The largest absolute Gasteiger partial charge is 0.463 e. The summed E-state index contributed by atoms with van der Waals surface area (Å²) in [5, 5.41) is 10.9. The molecule has 4 saturated heterocycles. The fourth-order valence-electron chi connectivity index (χ4n) is 11.1. The molecule has 4 fully saturated rings. The van der Waals surface area contributed by atoms with Gasteiger partial charge in [-0.2, -0.15) is 0 Å². The van der Waals surface area contributed by atoms with Crippen LogP contribution in [-0.2, 0) is 138 Å². The molecule has 530 valence electrons. The predicted octanol–water partition coefficient (Wildman–Crippen LogP) is -1.53. The zero-order valence-corrected chi connectivity index (χ0v) is 54.7. The molecule has 2 aromatic rings. The van der Waals surface area contributed by atoms with Gasteiger partial charge in [0.25, 0.3) is 0 Å². The van der Waals surface area contributed by atoms with Crippen LogP contribution < -0.4 is 31.6 Å². The van der Waals surface area contributed by atoms with Gasteiger partial charge in [-0.05, 0) is 24.6 Å². The molecule has 1 aromatic heterocycles. The van der Waals surface area contributed by atoms with E-state index in [0.717, 1.165) is 90.0 Å². The maximum atomic E-state index is 13.5. The van der Waals surface area contributed by atoms with Gasteiger partial charge in [0, 0.05) is 108 Å². The van der Waals surface area contributed by atoms with E-state index in [9.17, 15) is 67.1 Å². The maximum absolute atomic E-state index is 13.5. The average Bonchev–Trinajstić information content (AvgIpc) is 0.770. The summed E-state index contributed by atoms with van der Waals surface area (Å²) in [5.74, 6) is -12.0. The fourth-order valence-corrected chi connectivity index (χ4v) is 11.1. The number of rotatable bonds is 25. The number of hydrogen-bond acceptors (Lipinski definition) is 32. The number of amides is 4. The Kier molecular flexibility index (Phi) is 27.1. The van der Waals surface area contributed by atoms with Gasteiger partial charge in [0.15, 0.2) is 49.4 Å². The molecule has 4 aliphatic heterocycles. The van der Waals surface area contributed by atoms with Crippen molar-refractivity contribution in [3.05, 3.63) is 40.2 Å². The second-order valence-corrected chi connectivity index (χ2v) is 22.5. The van der Waals surface area contributed by atoms with Crippen LogP contribution in [0, 0.1) is 6.92 Å². The Morgan fingerprint density at radius 2 is 0.646 bits per heavy atom. The molecular formula is C60H78N4O32. The summed E-state index contributed by atoms with van der Waals surface area (Å²) in [7, 11) is 0. The van der Waals surface area contributed by atoms with Crippen LogP contribution in [0.3, 0.4) is 0 Å². The Morgan fingerprint density at radius 3 is 0.948 bits per heavy atom. The van der Waals surface area contributed by atoms with Crippen molar-refractivity contribution in [2.75, 3.05) is 26.4 Å². The topological polar surface area (TPSA) is 457 Å². The first kappa shape index (κ1) is 76.1. The highest BCUT2D eigenvalue weighted by molar-refractivity contribution is 5.81. The number of carbonyl (C=O) groups excluding carboxylic acids is 13. The van der Waals surface area contributed by atoms with Gasteiger partial charge in [0.05, 0.1) is 0 Å². The van der Waals surface area contributed by atoms with Gasteiger partial charge in [-0.25, -0.2) is 4.79 Å². The Labute approximate surface area is 547 Å². The van der Waals surface area contributed by atoms with Crippen LogP contribution in [0.2, 0.25) is 0 Å². The molecule has 96 heavy (non-hydrogen) atoms. The highest BCUT2D eigenvalue weighted by atomic mass is 16.8. The lowest BCUT2D eigenvalue weighted by molar-refractivity contribution is -0.362.